The molecule has 1 aromatic heterocycles. The Bertz CT molecular complexity index is 759. The Morgan fingerprint density at radius 2 is 1.87 bits per heavy atom. The summed E-state index contributed by atoms with van der Waals surface area (Å²) < 4.78 is 18.8. The standard InChI is InChI=1S/C16H17BrFN3O2/c1-16(2,22)12(20)8-7-11(19)13-14(17)23-15(21-13)9-3-5-10(18)6-4-9/h3-8,22H,19-20H2,1-2H3/b11-7-,12-8-. The molecule has 2 aromatic rings. The SMILES string of the molecule is CC(C)(O)/C(N)=C/C=C(\N)c1nc(-c2ccc(F)cc2)oc1Br. The Labute approximate surface area is 141 Å². The summed E-state index contributed by atoms with van der Waals surface area (Å²) in [4.78, 5) is 4.29. The van der Waals surface area contributed by atoms with E-state index >= 15 is 0 Å². The van der Waals surface area contributed by atoms with E-state index in [1.807, 2.05) is 0 Å². The van der Waals surface area contributed by atoms with E-state index in [0.29, 0.717) is 27.5 Å². The summed E-state index contributed by atoms with van der Waals surface area (Å²) in [7, 11) is 0. The Hall–Kier alpha value is -2.12. The zero-order valence-corrected chi connectivity index (χ0v) is 14.3. The third-order valence-electron chi connectivity index (χ3n) is 3.10. The van der Waals surface area contributed by atoms with Gasteiger partial charge in [-0.15, -0.1) is 0 Å². The van der Waals surface area contributed by atoms with Crippen LogP contribution >= 0.6 is 15.9 Å². The van der Waals surface area contributed by atoms with Gasteiger partial charge in [-0.3, -0.25) is 0 Å². The van der Waals surface area contributed by atoms with Gasteiger partial charge in [0.05, 0.1) is 11.3 Å². The van der Waals surface area contributed by atoms with Gasteiger partial charge in [-0.1, -0.05) is 0 Å². The fourth-order valence-corrected chi connectivity index (χ4v) is 2.13. The van der Waals surface area contributed by atoms with Crippen LogP contribution in [0.4, 0.5) is 4.39 Å². The minimum absolute atomic E-state index is 0.263. The van der Waals surface area contributed by atoms with Crippen LogP contribution in [0.1, 0.15) is 19.5 Å². The summed E-state index contributed by atoms with van der Waals surface area (Å²) in [5, 5.41) is 9.76. The van der Waals surface area contributed by atoms with Gasteiger partial charge in [0.2, 0.25) is 5.89 Å². The maximum absolute atomic E-state index is 13.0. The van der Waals surface area contributed by atoms with Crippen molar-refractivity contribution in [1.82, 2.24) is 4.98 Å². The number of hydrogen-bond donors (Lipinski definition) is 3. The first-order valence-electron chi connectivity index (χ1n) is 6.77. The second kappa shape index (κ2) is 6.55. The average Bonchev–Trinajstić information content (AvgIpc) is 2.86. The third kappa shape index (κ3) is 4.20. The second-order valence-electron chi connectivity index (χ2n) is 5.45. The lowest BCUT2D eigenvalue weighted by Crippen LogP contribution is -2.27. The van der Waals surface area contributed by atoms with E-state index in [2.05, 4.69) is 20.9 Å². The maximum atomic E-state index is 13.0. The zero-order valence-electron chi connectivity index (χ0n) is 12.7. The molecule has 0 radical (unpaired) electrons. The van der Waals surface area contributed by atoms with Crippen molar-refractivity contribution in [2.24, 2.45) is 11.5 Å². The molecule has 23 heavy (non-hydrogen) atoms. The number of nitrogens with zero attached hydrogens (tertiary/aromatic N) is 1. The molecule has 122 valence electrons. The molecule has 1 aromatic carbocycles. The number of aromatic nitrogens is 1. The number of hydrogen-bond acceptors (Lipinski definition) is 5. The van der Waals surface area contributed by atoms with Gasteiger partial charge in [-0.05, 0) is 66.2 Å². The lowest BCUT2D eigenvalue weighted by Gasteiger charge is -2.16. The highest BCUT2D eigenvalue weighted by molar-refractivity contribution is 9.10. The molecule has 0 spiro atoms. The molecule has 1 heterocycles. The van der Waals surface area contributed by atoms with Crippen LogP contribution in [-0.2, 0) is 0 Å². The predicted octanol–water partition coefficient (Wildman–Crippen LogP) is 3.16. The Kier molecular flexibility index (Phi) is 4.91. The first kappa shape index (κ1) is 17.2. The number of oxazole rings is 1. The van der Waals surface area contributed by atoms with Crippen molar-refractivity contribution in [3.63, 3.8) is 0 Å². The number of allylic oxidation sites excluding steroid dienone is 2. The molecular formula is C16H17BrFN3O2. The number of benzene rings is 1. The molecule has 0 fully saturated rings. The van der Waals surface area contributed by atoms with Crippen molar-refractivity contribution in [3.05, 3.63) is 58.3 Å². The molecule has 0 unspecified atom stereocenters. The first-order chi connectivity index (χ1) is 10.7. The summed E-state index contributed by atoms with van der Waals surface area (Å²) in [6.07, 6.45) is 3.04. The van der Waals surface area contributed by atoms with Crippen LogP contribution in [0.2, 0.25) is 0 Å². The normalized spacial score (nSPS) is 13.4. The van der Waals surface area contributed by atoms with E-state index in [1.54, 1.807) is 26.0 Å². The van der Waals surface area contributed by atoms with Crippen molar-refractivity contribution >= 4 is 21.6 Å². The van der Waals surface area contributed by atoms with Crippen LogP contribution in [0.15, 0.2) is 51.2 Å². The van der Waals surface area contributed by atoms with E-state index in [0.717, 1.165) is 0 Å². The predicted molar refractivity (Wildman–Crippen MR) is 90.3 cm³/mol. The second-order valence-corrected chi connectivity index (χ2v) is 6.17. The molecule has 0 atom stereocenters. The summed E-state index contributed by atoms with van der Waals surface area (Å²) in [6, 6.07) is 5.76. The summed E-state index contributed by atoms with van der Waals surface area (Å²) in [5.74, 6) is -0.0334. The summed E-state index contributed by atoms with van der Waals surface area (Å²) in [5.41, 5.74) is 12.2. The van der Waals surface area contributed by atoms with Crippen LogP contribution in [-0.4, -0.2) is 15.7 Å². The molecule has 0 aliphatic rings. The summed E-state index contributed by atoms with van der Waals surface area (Å²) >= 11 is 3.25. The van der Waals surface area contributed by atoms with Crippen molar-refractivity contribution in [2.75, 3.05) is 0 Å². The van der Waals surface area contributed by atoms with Crippen LogP contribution in [0.25, 0.3) is 17.2 Å². The third-order valence-corrected chi connectivity index (χ3v) is 3.64. The Balaban J connectivity index is 2.32. The number of halogens is 2. The lowest BCUT2D eigenvalue weighted by molar-refractivity contribution is 0.118. The Morgan fingerprint density at radius 1 is 1.26 bits per heavy atom. The minimum Gasteiger partial charge on any atom is -0.429 e. The van der Waals surface area contributed by atoms with Crippen molar-refractivity contribution < 1.29 is 13.9 Å². The van der Waals surface area contributed by atoms with Crippen LogP contribution in [0, 0.1) is 5.82 Å². The van der Waals surface area contributed by atoms with Crippen LogP contribution in [0.5, 0.6) is 0 Å². The average molecular weight is 382 g/mol. The van der Waals surface area contributed by atoms with Gasteiger partial charge in [0, 0.05) is 11.3 Å². The Morgan fingerprint density at radius 3 is 2.43 bits per heavy atom. The van der Waals surface area contributed by atoms with Crippen molar-refractivity contribution in [2.45, 2.75) is 19.4 Å². The molecule has 7 heteroatoms. The highest BCUT2D eigenvalue weighted by Gasteiger charge is 2.17. The molecule has 0 aliphatic heterocycles. The fourth-order valence-electron chi connectivity index (χ4n) is 1.66. The first-order valence-corrected chi connectivity index (χ1v) is 7.56. The summed E-state index contributed by atoms with van der Waals surface area (Å²) in [6.45, 7) is 3.14. The zero-order chi connectivity index (χ0) is 17.2. The number of aliphatic hydroxyl groups is 1. The topological polar surface area (TPSA) is 98.3 Å². The van der Waals surface area contributed by atoms with Crippen molar-refractivity contribution in [3.8, 4) is 11.5 Å². The van der Waals surface area contributed by atoms with Crippen molar-refractivity contribution in [1.29, 1.82) is 0 Å². The van der Waals surface area contributed by atoms with Gasteiger partial charge >= 0.3 is 0 Å². The highest BCUT2D eigenvalue weighted by Crippen LogP contribution is 2.28. The smallest absolute Gasteiger partial charge is 0.228 e. The maximum Gasteiger partial charge on any atom is 0.228 e. The molecule has 0 saturated carbocycles. The van der Waals surface area contributed by atoms with E-state index < -0.39 is 5.60 Å². The molecule has 0 amide bonds. The van der Waals surface area contributed by atoms with Gasteiger partial charge in [0.15, 0.2) is 4.67 Å². The number of rotatable bonds is 4. The van der Waals surface area contributed by atoms with E-state index in [9.17, 15) is 9.50 Å². The van der Waals surface area contributed by atoms with E-state index in [-0.39, 0.29) is 11.5 Å². The lowest BCUT2D eigenvalue weighted by atomic mass is 10.1. The fraction of sp³-hybridized carbons (Fsp3) is 0.188. The van der Waals surface area contributed by atoms with E-state index in [1.165, 1.54) is 24.3 Å². The molecule has 0 bridgehead atoms. The molecule has 0 aliphatic carbocycles. The quantitative estimate of drug-likeness (QED) is 0.706. The molecule has 5 N–H and O–H groups in total. The van der Waals surface area contributed by atoms with Crippen LogP contribution < -0.4 is 11.5 Å². The van der Waals surface area contributed by atoms with Gasteiger partial charge in [-0.2, -0.15) is 0 Å². The monoisotopic (exact) mass is 381 g/mol. The number of nitrogens with two attached hydrogens (primary N) is 2. The molecule has 0 saturated heterocycles. The van der Waals surface area contributed by atoms with Gasteiger partial charge in [-0.25, -0.2) is 9.37 Å². The van der Waals surface area contributed by atoms with Gasteiger partial charge in [0.1, 0.15) is 11.5 Å². The highest BCUT2D eigenvalue weighted by atomic mass is 79.9. The largest absolute Gasteiger partial charge is 0.429 e. The van der Waals surface area contributed by atoms with Gasteiger partial charge in [0.25, 0.3) is 0 Å². The molecule has 5 nitrogen and oxygen atoms in total. The minimum atomic E-state index is -1.14. The molecule has 2 rings (SSSR count). The van der Waals surface area contributed by atoms with E-state index in [4.69, 9.17) is 15.9 Å². The van der Waals surface area contributed by atoms with Crippen LogP contribution in [0.3, 0.4) is 0 Å². The molecular weight excluding hydrogens is 365 g/mol. The van der Waals surface area contributed by atoms with Gasteiger partial charge < -0.3 is 21.0 Å².